The second-order valence-corrected chi connectivity index (χ2v) is 7.01. The number of carboxylic acid groups (broad SMARTS) is 2. The van der Waals surface area contributed by atoms with Gasteiger partial charge in [-0.3, -0.25) is 0 Å². The monoisotopic (exact) mass is 448 g/mol. The predicted octanol–water partition coefficient (Wildman–Crippen LogP) is 3.98. The molecule has 0 saturated carbocycles. The van der Waals surface area contributed by atoms with Crippen molar-refractivity contribution < 1.29 is 38.9 Å². The Balaban J connectivity index is 0. The molecule has 0 aliphatic rings. The molecule has 8 nitrogen and oxygen atoms in total. The largest absolute Gasteiger partial charge is 0.478 e. The first-order chi connectivity index (χ1) is 15.0. The number of carbonyl (C=O) groups excluding carboxylic acids is 2. The second kappa shape index (κ2) is 19.3. The van der Waals surface area contributed by atoms with E-state index in [2.05, 4.69) is 6.58 Å². The van der Waals surface area contributed by atoms with E-state index < -0.39 is 23.9 Å². The minimum absolute atomic E-state index is 0.283. The summed E-state index contributed by atoms with van der Waals surface area (Å²) in [6.45, 7) is 12.1. The maximum absolute atomic E-state index is 11.1. The number of hydrogen-bond donors (Lipinski definition) is 2. The van der Waals surface area contributed by atoms with Crippen molar-refractivity contribution in [1.82, 2.24) is 0 Å². The van der Waals surface area contributed by atoms with E-state index in [1.54, 1.807) is 0 Å². The zero-order valence-corrected chi connectivity index (χ0v) is 18.9. The van der Waals surface area contributed by atoms with Crippen LogP contribution >= 0.6 is 0 Å². The molecule has 1 rings (SSSR count). The molecule has 0 unspecified atom stereocenters. The van der Waals surface area contributed by atoms with Gasteiger partial charge in [0.2, 0.25) is 0 Å². The summed E-state index contributed by atoms with van der Waals surface area (Å²) in [4.78, 5) is 41.3. The lowest BCUT2D eigenvalue weighted by molar-refractivity contribution is -0.141. The molecule has 8 heteroatoms. The highest BCUT2D eigenvalue weighted by molar-refractivity contribution is 5.91. The number of aliphatic carboxylic acids is 2. The quantitative estimate of drug-likeness (QED) is 0.429. The van der Waals surface area contributed by atoms with Crippen LogP contribution in [0.25, 0.3) is 6.08 Å². The van der Waals surface area contributed by atoms with E-state index in [1.165, 1.54) is 5.56 Å². The third-order valence-electron chi connectivity index (χ3n) is 2.88. The number of ether oxygens (including phenoxy) is 2. The Labute approximate surface area is 188 Å². The summed E-state index contributed by atoms with van der Waals surface area (Å²) in [5, 5.41) is 15.6. The van der Waals surface area contributed by atoms with Gasteiger partial charge in [-0.25, -0.2) is 19.2 Å². The molecule has 0 amide bonds. The van der Waals surface area contributed by atoms with Crippen molar-refractivity contribution in [3.63, 3.8) is 0 Å². The van der Waals surface area contributed by atoms with Crippen molar-refractivity contribution in [2.24, 2.45) is 11.8 Å². The minimum Gasteiger partial charge on any atom is -0.478 e. The molecule has 0 aliphatic heterocycles. The molecule has 32 heavy (non-hydrogen) atoms. The third-order valence-corrected chi connectivity index (χ3v) is 2.88. The van der Waals surface area contributed by atoms with E-state index in [-0.39, 0.29) is 11.8 Å². The molecule has 0 saturated heterocycles. The molecule has 0 fully saturated rings. The van der Waals surface area contributed by atoms with Crippen LogP contribution in [0.15, 0.2) is 61.2 Å². The second-order valence-electron chi connectivity index (χ2n) is 7.01. The van der Waals surface area contributed by atoms with Gasteiger partial charge in [0.25, 0.3) is 0 Å². The molecule has 0 bridgehead atoms. The van der Waals surface area contributed by atoms with Crippen LogP contribution in [0, 0.1) is 11.8 Å². The number of rotatable bonds is 9. The molecule has 0 atom stereocenters. The normalized spacial score (nSPS) is 10.1. The number of carbonyl (C=O) groups is 4. The smallest absolute Gasteiger partial charge is 0.331 e. The summed E-state index contributed by atoms with van der Waals surface area (Å²) < 4.78 is 9.69. The van der Waals surface area contributed by atoms with Crippen molar-refractivity contribution in [3.8, 4) is 0 Å². The first-order valence-corrected chi connectivity index (χ1v) is 9.80. The van der Waals surface area contributed by atoms with E-state index >= 15 is 0 Å². The van der Waals surface area contributed by atoms with Crippen LogP contribution in [-0.4, -0.2) is 47.3 Å². The van der Waals surface area contributed by atoms with Crippen LogP contribution in [0.2, 0.25) is 0 Å². The van der Waals surface area contributed by atoms with Gasteiger partial charge in [-0.05, 0) is 17.4 Å². The highest BCUT2D eigenvalue weighted by Crippen LogP contribution is 1.97. The van der Waals surface area contributed by atoms with Crippen molar-refractivity contribution >= 4 is 30.0 Å². The summed E-state index contributed by atoms with van der Waals surface area (Å²) in [5.41, 5.74) is 1.17. The lowest BCUT2D eigenvalue weighted by Gasteiger charge is -2.05. The molecule has 0 aliphatic carbocycles. The Morgan fingerprint density at radius 1 is 0.781 bits per heavy atom. The first kappa shape index (κ1) is 30.5. The van der Waals surface area contributed by atoms with Gasteiger partial charge in [-0.1, -0.05) is 70.7 Å². The van der Waals surface area contributed by atoms with Crippen molar-refractivity contribution in [1.29, 1.82) is 0 Å². The topological polar surface area (TPSA) is 127 Å². The van der Waals surface area contributed by atoms with Crippen molar-refractivity contribution in [2.75, 3.05) is 13.2 Å². The fourth-order valence-corrected chi connectivity index (χ4v) is 1.46. The number of benzene rings is 1. The maximum Gasteiger partial charge on any atom is 0.331 e. The lowest BCUT2D eigenvalue weighted by atomic mass is 10.2. The lowest BCUT2D eigenvalue weighted by Crippen LogP contribution is -2.10. The minimum atomic E-state index is -1.26. The van der Waals surface area contributed by atoms with Gasteiger partial charge in [-0.2, -0.15) is 0 Å². The number of carboxylic acids is 2. The molecule has 0 aromatic heterocycles. The summed E-state index contributed by atoms with van der Waals surface area (Å²) in [6.07, 6.45) is 5.13. The van der Waals surface area contributed by atoms with Crippen LogP contribution in [0.3, 0.4) is 0 Å². The van der Waals surface area contributed by atoms with Gasteiger partial charge in [0.15, 0.2) is 0 Å². The highest BCUT2D eigenvalue weighted by atomic mass is 16.5. The first-order valence-electron chi connectivity index (χ1n) is 9.80. The van der Waals surface area contributed by atoms with Gasteiger partial charge < -0.3 is 19.7 Å². The standard InChI is InChI=1S/C12H20O4.C8H8.C4H4O4/c1-9(2)7-15-11(13)5-6-12(14)16-8-10(3)4;1-2-8-6-4-3-5-7-8;5-3(6)1-2-4(7)8/h5-6,9-10H,7-8H2,1-4H3;2-7H,1H2;1-2H,(H,5,6)(H,7,8)/b6-5+;;2-1+. The van der Waals surface area contributed by atoms with E-state index in [0.29, 0.717) is 25.4 Å². The summed E-state index contributed by atoms with van der Waals surface area (Å²) in [6, 6.07) is 10.0. The summed E-state index contributed by atoms with van der Waals surface area (Å²) in [5.74, 6) is -2.99. The molecule has 1 aromatic rings. The Morgan fingerprint density at radius 2 is 1.16 bits per heavy atom. The van der Waals surface area contributed by atoms with Gasteiger partial charge >= 0.3 is 23.9 Å². The Kier molecular flexibility index (Phi) is 18.4. The zero-order valence-electron chi connectivity index (χ0n) is 18.9. The molecule has 2 N–H and O–H groups in total. The van der Waals surface area contributed by atoms with E-state index in [0.717, 1.165) is 12.2 Å². The average molecular weight is 449 g/mol. The molecule has 176 valence electrons. The van der Waals surface area contributed by atoms with E-state index in [9.17, 15) is 19.2 Å². The van der Waals surface area contributed by atoms with Gasteiger partial charge in [0.1, 0.15) is 0 Å². The van der Waals surface area contributed by atoms with Crippen molar-refractivity contribution in [2.45, 2.75) is 27.7 Å². The molecule has 0 spiro atoms. The molecular formula is C24H32O8. The van der Waals surface area contributed by atoms with Gasteiger partial charge in [0, 0.05) is 24.3 Å². The SMILES string of the molecule is C=Cc1ccccc1.CC(C)COC(=O)/C=C/C(=O)OCC(C)C.O=C(O)/C=C/C(=O)O. The number of esters is 2. The van der Waals surface area contributed by atoms with Crippen LogP contribution in [0.1, 0.15) is 33.3 Å². The van der Waals surface area contributed by atoms with E-state index in [4.69, 9.17) is 19.7 Å². The Bertz CT molecular complexity index is 719. The molecule has 0 radical (unpaired) electrons. The maximum atomic E-state index is 11.1. The van der Waals surface area contributed by atoms with Crippen LogP contribution in [-0.2, 0) is 28.7 Å². The van der Waals surface area contributed by atoms with Gasteiger partial charge in [-0.15, -0.1) is 0 Å². The highest BCUT2D eigenvalue weighted by Gasteiger charge is 2.03. The molecular weight excluding hydrogens is 416 g/mol. The fraction of sp³-hybridized carbons (Fsp3) is 0.333. The van der Waals surface area contributed by atoms with Crippen LogP contribution in [0.4, 0.5) is 0 Å². The summed E-state index contributed by atoms with van der Waals surface area (Å²) in [7, 11) is 0. The predicted molar refractivity (Wildman–Crippen MR) is 122 cm³/mol. The molecule has 1 aromatic carbocycles. The third kappa shape index (κ3) is 24.4. The van der Waals surface area contributed by atoms with Crippen molar-refractivity contribution in [3.05, 3.63) is 66.8 Å². The summed E-state index contributed by atoms with van der Waals surface area (Å²) >= 11 is 0. The Hall–Kier alpha value is -3.68. The number of hydrogen-bond acceptors (Lipinski definition) is 6. The van der Waals surface area contributed by atoms with Crippen LogP contribution < -0.4 is 0 Å². The molecule has 0 heterocycles. The zero-order chi connectivity index (χ0) is 24.9. The Morgan fingerprint density at radius 3 is 1.41 bits per heavy atom. The van der Waals surface area contributed by atoms with E-state index in [1.807, 2.05) is 64.1 Å². The van der Waals surface area contributed by atoms with Gasteiger partial charge in [0.05, 0.1) is 13.2 Å². The van der Waals surface area contributed by atoms with Crippen LogP contribution in [0.5, 0.6) is 0 Å². The fourth-order valence-electron chi connectivity index (χ4n) is 1.46. The average Bonchev–Trinajstić information content (AvgIpc) is 2.74.